The maximum atomic E-state index is 5.36. The van der Waals surface area contributed by atoms with Gasteiger partial charge >= 0.3 is 0 Å². The Morgan fingerprint density at radius 1 is 1.29 bits per heavy atom. The van der Waals surface area contributed by atoms with Crippen molar-refractivity contribution in [2.75, 3.05) is 0 Å². The van der Waals surface area contributed by atoms with Crippen molar-refractivity contribution in [3.63, 3.8) is 0 Å². The molecule has 3 nitrogen and oxygen atoms in total. The monoisotopic (exact) mass is 251 g/mol. The number of nitrogens with zero attached hydrogens (tertiary/aromatic N) is 2. The van der Waals surface area contributed by atoms with E-state index in [1.807, 2.05) is 0 Å². The lowest BCUT2D eigenvalue weighted by Gasteiger charge is -2.07. The van der Waals surface area contributed by atoms with Gasteiger partial charge in [0, 0.05) is 12.5 Å². The molecule has 0 unspecified atom stereocenters. The predicted molar refractivity (Wildman–Crippen MR) is 70.4 cm³/mol. The van der Waals surface area contributed by atoms with Crippen LogP contribution in [0.5, 0.6) is 0 Å². The van der Waals surface area contributed by atoms with Crippen molar-refractivity contribution >= 4 is 12.2 Å². The van der Waals surface area contributed by atoms with Gasteiger partial charge in [-0.15, -0.1) is 0 Å². The number of aromatic nitrogens is 3. The lowest BCUT2D eigenvalue weighted by Crippen LogP contribution is -2.08. The molecule has 3 rings (SSSR count). The quantitative estimate of drug-likeness (QED) is 0.834. The molecule has 94 valence electrons. The maximum absolute atomic E-state index is 5.36. The van der Waals surface area contributed by atoms with E-state index in [1.165, 1.54) is 18.7 Å². The van der Waals surface area contributed by atoms with Crippen LogP contribution in [0.25, 0.3) is 0 Å². The van der Waals surface area contributed by atoms with Crippen LogP contribution in [-0.2, 0) is 6.54 Å². The summed E-state index contributed by atoms with van der Waals surface area (Å²) in [6.07, 6.45) is 2.55. The fourth-order valence-corrected chi connectivity index (χ4v) is 3.35. The zero-order chi connectivity index (χ0) is 12.4. The van der Waals surface area contributed by atoms with Gasteiger partial charge in [-0.05, 0) is 41.8 Å². The minimum atomic E-state index is 0.417. The van der Waals surface area contributed by atoms with Crippen molar-refractivity contribution < 1.29 is 0 Å². The SMILES string of the molecule is CC1(C)C(Cn2c(C3CC3)n[nH]c2=S)C1(C)C. The first-order valence-corrected chi connectivity index (χ1v) is 6.91. The van der Waals surface area contributed by atoms with Crippen molar-refractivity contribution in [1.82, 2.24) is 14.8 Å². The highest BCUT2D eigenvalue weighted by molar-refractivity contribution is 7.71. The van der Waals surface area contributed by atoms with Gasteiger partial charge in [0.05, 0.1) is 0 Å². The lowest BCUT2D eigenvalue weighted by molar-refractivity contribution is 0.457. The molecular weight excluding hydrogens is 230 g/mol. The number of H-pyrrole nitrogens is 1. The second-order valence-electron chi connectivity index (χ2n) is 6.77. The van der Waals surface area contributed by atoms with Crippen LogP contribution in [0.15, 0.2) is 0 Å². The molecule has 2 fully saturated rings. The molecule has 0 aromatic carbocycles. The zero-order valence-corrected chi connectivity index (χ0v) is 11.9. The molecule has 1 N–H and O–H groups in total. The Hall–Kier alpha value is -0.640. The summed E-state index contributed by atoms with van der Waals surface area (Å²) in [6.45, 7) is 10.5. The first kappa shape index (κ1) is 11.5. The molecule has 2 aliphatic rings. The van der Waals surface area contributed by atoms with E-state index in [1.54, 1.807) is 0 Å². The summed E-state index contributed by atoms with van der Waals surface area (Å²) in [5.74, 6) is 2.55. The van der Waals surface area contributed by atoms with E-state index in [-0.39, 0.29) is 0 Å². The molecule has 0 aliphatic heterocycles. The van der Waals surface area contributed by atoms with Crippen LogP contribution in [0, 0.1) is 21.5 Å². The van der Waals surface area contributed by atoms with E-state index in [9.17, 15) is 0 Å². The summed E-state index contributed by atoms with van der Waals surface area (Å²) in [4.78, 5) is 0. The van der Waals surface area contributed by atoms with Gasteiger partial charge in [-0.1, -0.05) is 27.7 Å². The summed E-state index contributed by atoms with van der Waals surface area (Å²) in [5.41, 5.74) is 0.833. The van der Waals surface area contributed by atoms with Crippen molar-refractivity contribution in [3.05, 3.63) is 10.6 Å². The highest BCUT2D eigenvalue weighted by Gasteiger charge is 2.64. The average molecular weight is 251 g/mol. The van der Waals surface area contributed by atoms with Crippen LogP contribution in [0.4, 0.5) is 0 Å². The minimum absolute atomic E-state index is 0.417. The van der Waals surface area contributed by atoms with Crippen molar-refractivity contribution in [2.45, 2.75) is 53.0 Å². The largest absolute Gasteiger partial charge is 0.304 e. The Bertz CT molecular complexity index is 491. The summed E-state index contributed by atoms with van der Waals surface area (Å²) in [6, 6.07) is 0. The number of hydrogen-bond acceptors (Lipinski definition) is 2. The van der Waals surface area contributed by atoms with Gasteiger partial charge < -0.3 is 4.57 Å². The highest BCUT2D eigenvalue weighted by Crippen LogP contribution is 2.69. The van der Waals surface area contributed by atoms with Gasteiger partial charge in [0.1, 0.15) is 5.82 Å². The van der Waals surface area contributed by atoms with Gasteiger partial charge in [0.25, 0.3) is 0 Å². The summed E-state index contributed by atoms with van der Waals surface area (Å²) >= 11 is 5.36. The first-order chi connectivity index (χ1) is 7.85. The van der Waals surface area contributed by atoms with Crippen LogP contribution < -0.4 is 0 Å². The molecule has 0 saturated heterocycles. The first-order valence-electron chi connectivity index (χ1n) is 6.51. The Morgan fingerprint density at radius 3 is 2.35 bits per heavy atom. The second-order valence-corrected chi connectivity index (χ2v) is 7.15. The van der Waals surface area contributed by atoms with Crippen molar-refractivity contribution in [1.29, 1.82) is 0 Å². The fraction of sp³-hybridized carbons (Fsp3) is 0.846. The number of rotatable bonds is 3. The third kappa shape index (κ3) is 1.53. The maximum Gasteiger partial charge on any atom is 0.195 e. The van der Waals surface area contributed by atoms with Crippen LogP contribution in [-0.4, -0.2) is 14.8 Å². The molecule has 4 heteroatoms. The van der Waals surface area contributed by atoms with E-state index in [4.69, 9.17) is 12.2 Å². The third-order valence-corrected chi connectivity index (χ3v) is 5.73. The smallest absolute Gasteiger partial charge is 0.195 e. The van der Waals surface area contributed by atoms with E-state index in [0.29, 0.717) is 22.7 Å². The van der Waals surface area contributed by atoms with E-state index < -0.39 is 0 Å². The van der Waals surface area contributed by atoms with Crippen molar-refractivity contribution in [3.8, 4) is 0 Å². The van der Waals surface area contributed by atoms with E-state index >= 15 is 0 Å². The number of hydrogen-bond donors (Lipinski definition) is 1. The molecule has 1 aromatic rings. The van der Waals surface area contributed by atoms with Gasteiger partial charge in [0.15, 0.2) is 4.77 Å². The third-order valence-electron chi connectivity index (χ3n) is 5.42. The lowest BCUT2D eigenvalue weighted by atomic mass is 10.0. The Labute approximate surface area is 108 Å². The minimum Gasteiger partial charge on any atom is -0.304 e. The summed E-state index contributed by atoms with van der Waals surface area (Å²) in [7, 11) is 0. The number of aromatic amines is 1. The Kier molecular flexibility index (Phi) is 2.17. The van der Waals surface area contributed by atoms with Crippen molar-refractivity contribution in [2.24, 2.45) is 16.7 Å². The fourth-order valence-electron chi connectivity index (χ4n) is 3.13. The topological polar surface area (TPSA) is 33.6 Å². The summed E-state index contributed by atoms with van der Waals surface area (Å²) in [5, 5.41) is 7.36. The second kappa shape index (κ2) is 3.22. The van der Waals surface area contributed by atoms with Gasteiger partial charge in [-0.3, -0.25) is 5.10 Å². The molecule has 2 aliphatic carbocycles. The van der Waals surface area contributed by atoms with E-state index in [0.717, 1.165) is 11.3 Å². The van der Waals surface area contributed by atoms with Crippen LogP contribution in [0.2, 0.25) is 0 Å². The molecule has 17 heavy (non-hydrogen) atoms. The van der Waals surface area contributed by atoms with Gasteiger partial charge in [-0.2, -0.15) is 5.10 Å². The standard InChI is InChI=1S/C13H21N3S/c1-12(2)9(13(12,3)4)7-16-10(8-5-6-8)14-15-11(16)17/h8-9H,5-7H2,1-4H3,(H,15,17). The molecule has 0 bridgehead atoms. The molecule has 1 heterocycles. The molecule has 1 aromatic heterocycles. The molecule has 0 spiro atoms. The Morgan fingerprint density at radius 2 is 1.88 bits per heavy atom. The molecule has 0 atom stereocenters. The van der Waals surface area contributed by atoms with Gasteiger partial charge in [-0.25, -0.2) is 0 Å². The predicted octanol–water partition coefficient (Wildman–Crippen LogP) is 3.50. The molecule has 0 radical (unpaired) electrons. The van der Waals surface area contributed by atoms with Crippen LogP contribution in [0.1, 0.15) is 52.3 Å². The number of nitrogens with one attached hydrogen (secondary N) is 1. The van der Waals surface area contributed by atoms with Crippen LogP contribution >= 0.6 is 12.2 Å². The normalized spacial score (nSPS) is 26.1. The highest BCUT2D eigenvalue weighted by atomic mass is 32.1. The molecular formula is C13H21N3S. The Balaban J connectivity index is 1.87. The van der Waals surface area contributed by atoms with Crippen LogP contribution in [0.3, 0.4) is 0 Å². The van der Waals surface area contributed by atoms with Gasteiger partial charge in [0.2, 0.25) is 0 Å². The molecule has 2 saturated carbocycles. The molecule has 0 amide bonds. The average Bonchev–Trinajstić information content (AvgIpc) is 3.07. The summed E-state index contributed by atoms with van der Waals surface area (Å²) < 4.78 is 3.04. The zero-order valence-electron chi connectivity index (χ0n) is 11.1. The van der Waals surface area contributed by atoms with E-state index in [2.05, 4.69) is 42.5 Å².